The minimum atomic E-state index is -0.0650. The van der Waals surface area contributed by atoms with Gasteiger partial charge in [-0.15, -0.1) is 0 Å². The summed E-state index contributed by atoms with van der Waals surface area (Å²) in [6.07, 6.45) is 9.52. The zero-order valence-electron chi connectivity index (χ0n) is 20.2. The third-order valence-electron chi connectivity index (χ3n) is 5.25. The van der Waals surface area contributed by atoms with E-state index >= 15 is 0 Å². The van der Waals surface area contributed by atoms with E-state index in [-0.39, 0.29) is 11.9 Å². The lowest BCUT2D eigenvalue weighted by Crippen LogP contribution is -2.29. The average molecular weight is 427 g/mol. The van der Waals surface area contributed by atoms with Gasteiger partial charge in [-0.1, -0.05) is 61.9 Å². The fourth-order valence-corrected chi connectivity index (χ4v) is 3.29. The molecule has 1 rings (SSSR count). The first-order chi connectivity index (χ1) is 14.9. The number of benzene rings is 1. The molecule has 0 aromatic heterocycles. The maximum atomic E-state index is 12.0. The van der Waals surface area contributed by atoms with Gasteiger partial charge in [0, 0.05) is 25.3 Å². The highest BCUT2D eigenvalue weighted by Gasteiger charge is 2.10. The third kappa shape index (κ3) is 11.7. The van der Waals surface area contributed by atoms with Gasteiger partial charge in [0.25, 0.3) is 0 Å². The second kappa shape index (κ2) is 15.6. The van der Waals surface area contributed by atoms with Gasteiger partial charge in [0.15, 0.2) is 0 Å². The van der Waals surface area contributed by atoms with E-state index in [2.05, 4.69) is 56.2 Å². The third-order valence-corrected chi connectivity index (χ3v) is 5.25. The van der Waals surface area contributed by atoms with Crippen LogP contribution in [0.5, 0.6) is 0 Å². The Bertz CT molecular complexity index is 722. The summed E-state index contributed by atoms with van der Waals surface area (Å²) >= 11 is 0. The van der Waals surface area contributed by atoms with Gasteiger partial charge in [0.1, 0.15) is 0 Å². The molecule has 1 amide bonds. The lowest BCUT2D eigenvalue weighted by atomic mass is 9.99. The summed E-state index contributed by atoms with van der Waals surface area (Å²) in [5, 5.41) is 6.29. The standard InChI is InChI=1S/C27H42N2O2/c1-7-8-17-31-23(4)13-12-16-29-24(5)26(20-22(3)27(30)28-6)19-21(2)18-25-14-10-9-11-15-25/h9-11,14-15,19-20,23-24,29H,2,7-8,12-13,16-18H2,1,3-6H3,(H,28,30)/b22-20+,26-19+. The molecule has 0 saturated heterocycles. The molecule has 0 aliphatic heterocycles. The molecule has 31 heavy (non-hydrogen) atoms. The van der Waals surface area contributed by atoms with Crippen molar-refractivity contribution in [2.45, 2.75) is 71.9 Å². The highest BCUT2D eigenvalue weighted by atomic mass is 16.5. The zero-order valence-corrected chi connectivity index (χ0v) is 20.2. The molecule has 4 heteroatoms. The molecule has 172 valence electrons. The molecule has 2 N–H and O–H groups in total. The van der Waals surface area contributed by atoms with Crippen LogP contribution >= 0.6 is 0 Å². The Kier molecular flexibility index (Phi) is 13.5. The first-order valence-corrected chi connectivity index (χ1v) is 11.6. The number of hydrogen-bond donors (Lipinski definition) is 2. The molecule has 0 saturated carbocycles. The van der Waals surface area contributed by atoms with E-state index in [9.17, 15) is 4.79 Å². The van der Waals surface area contributed by atoms with Crippen LogP contribution in [0.1, 0.15) is 58.9 Å². The van der Waals surface area contributed by atoms with Crippen molar-refractivity contribution in [3.63, 3.8) is 0 Å². The summed E-state index contributed by atoms with van der Waals surface area (Å²) in [6, 6.07) is 10.4. The number of ether oxygens (including phenoxy) is 1. The monoisotopic (exact) mass is 426 g/mol. The summed E-state index contributed by atoms with van der Waals surface area (Å²) in [5.74, 6) is -0.0650. The number of carbonyl (C=O) groups excluding carboxylic acids is 1. The normalized spacial score (nSPS) is 14.2. The van der Waals surface area contributed by atoms with Crippen molar-refractivity contribution in [1.29, 1.82) is 0 Å². The first-order valence-electron chi connectivity index (χ1n) is 11.6. The highest BCUT2D eigenvalue weighted by Crippen LogP contribution is 2.15. The molecule has 0 bridgehead atoms. The van der Waals surface area contributed by atoms with Crippen molar-refractivity contribution in [3.05, 3.63) is 71.3 Å². The molecule has 0 fully saturated rings. The van der Waals surface area contributed by atoms with Crippen LogP contribution in [-0.4, -0.2) is 38.3 Å². The molecule has 2 unspecified atom stereocenters. The summed E-state index contributed by atoms with van der Waals surface area (Å²) < 4.78 is 5.83. The summed E-state index contributed by atoms with van der Waals surface area (Å²) in [6.45, 7) is 14.3. The van der Waals surface area contributed by atoms with Gasteiger partial charge in [-0.2, -0.15) is 0 Å². The van der Waals surface area contributed by atoms with E-state index in [1.807, 2.05) is 31.2 Å². The summed E-state index contributed by atoms with van der Waals surface area (Å²) in [4.78, 5) is 12.0. The van der Waals surface area contributed by atoms with Gasteiger partial charge in [0.05, 0.1) is 6.10 Å². The van der Waals surface area contributed by atoms with E-state index in [4.69, 9.17) is 4.74 Å². The van der Waals surface area contributed by atoms with Crippen molar-refractivity contribution in [2.75, 3.05) is 20.2 Å². The van der Waals surface area contributed by atoms with Gasteiger partial charge < -0.3 is 15.4 Å². The predicted molar refractivity (Wildman–Crippen MR) is 132 cm³/mol. The van der Waals surface area contributed by atoms with Crippen molar-refractivity contribution in [3.8, 4) is 0 Å². The molecule has 1 aromatic rings. The number of likely N-dealkylation sites (N-methyl/N-ethyl adjacent to an activating group) is 1. The topological polar surface area (TPSA) is 50.4 Å². The Balaban J connectivity index is 2.72. The van der Waals surface area contributed by atoms with Crippen LogP contribution in [0, 0.1) is 0 Å². The van der Waals surface area contributed by atoms with Crippen LogP contribution in [0.3, 0.4) is 0 Å². The minimum Gasteiger partial charge on any atom is -0.379 e. The molecular formula is C27H42N2O2. The van der Waals surface area contributed by atoms with E-state index in [0.717, 1.165) is 50.0 Å². The number of unbranched alkanes of at least 4 members (excludes halogenated alkanes) is 1. The lowest BCUT2D eigenvalue weighted by molar-refractivity contribution is -0.117. The van der Waals surface area contributed by atoms with E-state index in [1.54, 1.807) is 7.05 Å². The summed E-state index contributed by atoms with van der Waals surface area (Å²) in [5.41, 5.74) is 4.00. The maximum Gasteiger partial charge on any atom is 0.246 e. The van der Waals surface area contributed by atoms with E-state index < -0.39 is 0 Å². The van der Waals surface area contributed by atoms with Crippen molar-refractivity contribution < 1.29 is 9.53 Å². The number of carbonyl (C=O) groups is 1. The number of nitrogens with one attached hydrogen (secondary N) is 2. The Morgan fingerprint density at radius 2 is 1.87 bits per heavy atom. The molecule has 0 aliphatic carbocycles. The number of rotatable bonds is 15. The molecule has 0 spiro atoms. The smallest absolute Gasteiger partial charge is 0.246 e. The molecule has 1 aromatic carbocycles. The fraction of sp³-hybridized carbons (Fsp3) is 0.519. The Morgan fingerprint density at radius 1 is 1.16 bits per heavy atom. The second-order valence-electron chi connectivity index (χ2n) is 8.22. The maximum absolute atomic E-state index is 12.0. The molecule has 0 radical (unpaired) electrons. The molecule has 0 aliphatic rings. The van der Waals surface area contributed by atoms with E-state index in [0.29, 0.717) is 11.7 Å². The van der Waals surface area contributed by atoms with Crippen molar-refractivity contribution in [1.82, 2.24) is 10.6 Å². The SMILES string of the molecule is C=C(/C=C(\C=C(/C)C(=O)NC)C(C)NCCCC(C)OCCCC)Cc1ccccc1. The minimum absolute atomic E-state index is 0.0650. The van der Waals surface area contributed by atoms with Crippen LogP contribution in [0.25, 0.3) is 0 Å². The highest BCUT2D eigenvalue weighted by molar-refractivity contribution is 5.93. The van der Waals surface area contributed by atoms with Gasteiger partial charge in [0.2, 0.25) is 5.91 Å². The Morgan fingerprint density at radius 3 is 2.52 bits per heavy atom. The largest absolute Gasteiger partial charge is 0.379 e. The van der Waals surface area contributed by atoms with Gasteiger partial charge in [-0.05, 0) is 70.2 Å². The number of allylic oxidation sites excluding steroid dienone is 2. The number of amides is 1. The lowest BCUT2D eigenvalue weighted by Gasteiger charge is -2.18. The van der Waals surface area contributed by atoms with E-state index in [1.165, 1.54) is 12.0 Å². The molecule has 4 nitrogen and oxygen atoms in total. The molecular weight excluding hydrogens is 384 g/mol. The first kappa shape index (κ1) is 26.9. The van der Waals surface area contributed by atoms with Gasteiger partial charge in [-0.25, -0.2) is 0 Å². The van der Waals surface area contributed by atoms with Crippen LogP contribution in [-0.2, 0) is 16.0 Å². The quantitative estimate of drug-likeness (QED) is 0.225. The molecule has 0 heterocycles. The fourth-order valence-electron chi connectivity index (χ4n) is 3.29. The number of hydrogen-bond acceptors (Lipinski definition) is 3. The molecule has 2 atom stereocenters. The average Bonchev–Trinajstić information content (AvgIpc) is 2.76. The Hall–Kier alpha value is -2.17. The van der Waals surface area contributed by atoms with Crippen LogP contribution in [0.2, 0.25) is 0 Å². The Labute approximate surface area is 189 Å². The zero-order chi connectivity index (χ0) is 23.1. The van der Waals surface area contributed by atoms with Crippen LogP contribution in [0.15, 0.2) is 65.8 Å². The summed E-state index contributed by atoms with van der Waals surface area (Å²) in [7, 11) is 1.66. The van der Waals surface area contributed by atoms with Crippen LogP contribution in [0.4, 0.5) is 0 Å². The van der Waals surface area contributed by atoms with Crippen molar-refractivity contribution in [2.24, 2.45) is 0 Å². The van der Waals surface area contributed by atoms with Gasteiger partial charge in [-0.3, -0.25) is 4.79 Å². The second-order valence-corrected chi connectivity index (χ2v) is 8.22. The van der Waals surface area contributed by atoms with Crippen molar-refractivity contribution >= 4 is 5.91 Å². The van der Waals surface area contributed by atoms with Gasteiger partial charge >= 0.3 is 0 Å². The predicted octanol–water partition coefficient (Wildman–Crippen LogP) is 5.37. The van der Waals surface area contributed by atoms with Crippen LogP contribution < -0.4 is 10.6 Å².